The molecule has 0 radical (unpaired) electrons. The summed E-state index contributed by atoms with van der Waals surface area (Å²) in [5.74, 6) is 0.771. The van der Waals surface area contributed by atoms with Gasteiger partial charge in [-0.3, -0.25) is 14.0 Å². The van der Waals surface area contributed by atoms with E-state index in [1.165, 1.54) is 29.2 Å². The lowest BCUT2D eigenvalue weighted by atomic mass is 10.2. The van der Waals surface area contributed by atoms with E-state index in [-0.39, 0.29) is 11.5 Å². The first kappa shape index (κ1) is 18.0. The number of nitrogens with zero attached hydrogens (tertiary/aromatic N) is 2. The number of rotatable bonds is 6. The normalized spacial score (nSPS) is 11.0. The number of amides is 1. The lowest BCUT2D eigenvalue weighted by Crippen LogP contribution is -2.24. The van der Waals surface area contributed by atoms with Crippen molar-refractivity contribution in [1.29, 1.82) is 0 Å². The highest BCUT2D eigenvalue weighted by molar-refractivity contribution is 7.99. The van der Waals surface area contributed by atoms with E-state index in [1.807, 2.05) is 30.5 Å². The Morgan fingerprint density at radius 1 is 1.40 bits per heavy atom. The summed E-state index contributed by atoms with van der Waals surface area (Å²) in [6, 6.07) is 8.92. The van der Waals surface area contributed by atoms with E-state index in [0.717, 1.165) is 11.3 Å². The van der Waals surface area contributed by atoms with E-state index in [0.29, 0.717) is 33.7 Å². The van der Waals surface area contributed by atoms with Crippen LogP contribution in [-0.4, -0.2) is 21.0 Å². The number of carbonyl (C=O) groups is 1. The van der Waals surface area contributed by atoms with Crippen molar-refractivity contribution < 1.29 is 4.79 Å². The Hall–Kier alpha value is -1.83. The first-order chi connectivity index (χ1) is 12.0. The third-order valence-corrected chi connectivity index (χ3v) is 5.64. The van der Waals surface area contributed by atoms with Gasteiger partial charge in [-0.05, 0) is 24.6 Å². The van der Waals surface area contributed by atoms with E-state index in [4.69, 9.17) is 11.6 Å². The van der Waals surface area contributed by atoms with Gasteiger partial charge in [-0.15, -0.1) is 23.1 Å². The molecule has 8 heteroatoms. The Morgan fingerprint density at radius 3 is 3.04 bits per heavy atom. The van der Waals surface area contributed by atoms with Gasteiger partial charge < -0.3 is 5.32 Å². The van der Waals surface area contributed by atoms with Crippen LogP contribution in [0.5, 0.6) is 0 Å². The molecule has 2 aromatic heterocycles. The zero-order valence-corrected chi connectivity index (χ0v) is 15.9. The number of hydrogen-bond donors (Lipinski definition) is 1. The van der Waals surface area contributed by atoms with Gasteiger partial charge in [0.25, 0.3) is 5.56 Å². The van der Waals surface area contributed by atoms with Crippen LogP contribution in [0.25, 0.3) is 4.96 Å². The van der Waals surface area contributed by atoms with Gasteiger partial charge in [0.15, 0.2) is 4.96 Å². The zero-order chi connectivity index (χ0) is 17.8. The van der Waals surface area contributed by atoms with Crippen molar-refractivity contribution in [2.24, 2.45) is 0 Å². The van der Waals surface area contributed by atoms with Crippen LogP contribution in [-0.2, 0) is 17.1 Å². The summed E-state index contributed by atoms with van der Waals surface area (Å²) in [6.45, 7) is 2.32. The minimum atomic E-state index is -0.0789. The number of hydrogen-bond acceptors (Lipinski definition) is 5. The fraction of sp³-hybridized carbons (Fsp3) is 0.235. The minimum Gasteiger partial charge on any atom is -0.351 e. The number of aryl methyl sites for hydroxylation is 1. The Bertz CT molecular complexity index is 968. The molecule has 5 nitrogen and oxygen atoms in total. The molecule has 0 unspecified atom stereocenters. The first-order valence-electron chi connectivity index (χ1n) is 7.58. The topological polar surface area (TPSA) is 63.5 Å². The zero-order valence-electron chi connectivity index (χ0n) is 13.5. The molecular formula is C17H16ClN3O2S2. The third-order valence-electron chi connectivity index (χ3n) is 3.49. The molecular weight excluding hydrogens is 378 g/mol. The first-order valence-corrected chi connectivity index (χ1v) is 10.00. The van der Waals surface area contributed by atoms with E-state index in [2.05, 4.69) is 10.3 Å². The summed E-state index contributed by atoms with van der Waals surface area (Å²) in [7, 11) is 0. The second-order valence-corrected chi connectivity index (χ2v) is 7.74. The SMILES string of the molecule is Cc1csc2nc(CSCC(=O)NCc3cccc(Cl)c3)cc(=O)n12. The average molecular weight is 394 g/mol. The Morgan fingerprint density at radius 2 is 2.24 bits per heavy atom. The average Bonchev–Trinajstić information content (AvgIpc) is 2.95. The van der Waals surface area contributed by atoms with Crippen LogP contribution in [0, 0.1) is 6.92 Å². The molecule has 2 heterocycles. The smallest absolute Gasteiger partial charge is 0.258 e. The van der Waals surface area contributed by atoms with Crippen LogP contribution in [0.15, 0.2) is 40.5 Å². The van der Waals surface area contributed by atoms with Gasteiger partial charge in [0.05, 0.1) is 11.4 Å². The number of halogens is 1. The Labute approximate surface area is 158 Å². The Balaban J connectivity index is 1.51. The predicted octanol–water partition coefficient (Wildman–Crippen LogP) is 3.27. The molecule has 25 heavy (non-hydrogen) atoms. The van der Waals surface area contributed by atoms with E-state index < -0.39 is 0 Å². The highest BCUT2D eigenvalue weighted by Crippen LogP contribution is 2.15. The van der Waals surface area contributed by atoms with Crippen LogP contribution < -0.4 is 10.9 Å². The molecule has 3 aromatic rings. The van der Waals surface area contributed by atoms with Crippen molar-refractivity contribution in [3.63, 3.8) is 0 Å². The lowest BCUT2D eigenvalue weighted by Gasteiger charge is -2.06. The maximum absolute atomic E-state index is 12.1. The predicted molar refractivity (Wildman–Crippen MR) is 104 cm³/mol. The van der Waals surface area contributed by atoms with Crippen LogP contribution in [0.2, 0.25) is 5.02 Å². The third kappa shape index (κ3) is 4.62. The summed E-state index contributed by atoms with van der Waals surface area (Å²) >= 11 is 8.79. The fourth-order valence-electron chi connectivity index (χ4n) is 2.32. The molecule has 0 aliphatic carbocycles. The summed E-state index contributed by atoms with van der Waals surface area (Å²) in [6.07, 6.45) is 0. The van der Waals surface area contributed by atoms with Crippen molar-refractivity contribution in [1.82, 2.24) is 14.7 Å². The van der Waals surface area contributed by atoms with E-state index in [1.54, 1.807) is 10.5 Å². The van der Waals surface area contributed by atoms with Crippen LogP contribution in [0.4, 0.5) is 0 Å². The summed E-state index contributed by atoms with van der Waals surface area (Å²) in [5.41, 5.74) is 2.46. The molecule has 1 amide bonds. The number of benzene rings is 1. The van der Waals surface area contributed by atoms with Crippen molar-refractivity contribution in [3.05, 3.63) is 68.0 Å². The molecule has 0 aliphatic rings. The molecule has 0 aliphatic heterocycles. The van der Waals surface area contributed by atoms with Crippen molar-refractivity contribution >= 4 is 45.6 Å². The Kier molecular flexibility index (Phi) is 5.78. The molecule has 1 N–H and O–H groups in total. The molecule has 0 bridgehead atoms. The van der Waals surface area contributed by atoms with Gasteiger partial charge in [0.2, 0.25) is 5.91 Å². The molecule has 0 spiro atoms. The highest BCUT2D eigenvalue weighted by Gasteiger charge is 2.08. The number of thiazole rings is 1. The van der Waals surface area contributed by atoms with Gasteiger partial charge in [0, 0.05) is 34.5 Å². The largest absolute Gasteiger partial charge is 0.351 e. The number of thioether (sulfide) groups is 1. The molecule has 0 atom stereocenters. The quantitative estimate of drug-likeness (QED) is 0.698. The summed E-state index contributed by atoms with van der Waals surface area (Å²) < 4.78 is 1.59. The molecule has 130 valence electrons. The molecule has 1 aromatic carbocycles. The second-order valence-electron chi connectivity index (χ2n) is 5.48. The van der Waals surface area contributed by atoms with Crippen LogP contribution >= 0.6 is 34.7 Å². The highest BCUT2D eigenvalue weighted by atomic mass is 35.5. The van der Waals surface area contributed by atoms with Crippen molar-refractivity contribution in [3.8, 4) is 0 Å². The molecule has 0 fully saturated rings. The van der Waals surface area contributed by atoms with Crippen LogP contribution in [0.3, 0.4) is 0 Å². The number of carbonyl (C=O) groups excluding carboxylic acids is 1. The number of fused-ring (bicyclic) bond motifs is 1. The number of aromatic nitrogens is 2. The van der Waals surface area contributed by atoms with Gasteiger partial charge >= 0.3 is 0 Å². The fourth-order valence-corrected chi connectivity index (χ4v) is 4.17. The van der Waals surface area contributed by atoms with Crippen LogP contribution in [0.1, 0.15) is 17.0 Å². The molecule has 0 saturated carbocycles. The summed E-state index contributed by atoms with van der Waals surface area (Å²) in [4.78, 5) is 29.2. The molecule has 3 rings (SSSR count). The second kappa shape index (κ2) is 8.03. The van der Waals surface area contributed by atoms with Crippen molar-refractivity contribution in [2.75, 3.05) is 5.75 Å². The van der Waals surface area contributed by atoms with Crippen molar-refractivity contribution in [2.45, 2.75) is 19.2 Å². The van der Waals surface area contributed by atoms with Gasteiger partial charge in [-0.2, -0.15) is 0 Å². The summed E-state index contributed by atoms with van der Waals surface area (Å²) in [5, 5.41) is 5.41. The minimum absolute atomic E-state index is 0.0604. The number of nitrogens with one attached hydrogen (secondary N) is 1. The maximum atomic E-state index is 12.1. The van der Waals surface area contributed by atoms with E-state index >= 15 is 0 Å². The lowest BCUT2D eigenvalue weighted by molar-refractivity contribution is -0.118. The molecule has 0 saturated heterocycles. The standard InChI is InChI=1S/C17H16ClN3O2S2/c1-11-8-25-17-20-14(6-16(23)21(11)17)9-24-10-15(22)19-7-12-3-2-4-13(18)5-12/h2-6,8H,7,9-10H2,1H3,(H,19,22). The van der Waals surface area contributed by atoms with Gasteiger partial charge in [-0.1, -0.05) is 23.7 Å². The van der Waals surface area contributed by atoms with Gasteiger partial charge in [0.1, 0.15) is 0 Å². The van der Waals surface area contributed by atoms with Gasteiger partial charge in [-0.25, -0.2) is 4.98 Å². The van der Waals surface area contributed by atoms with E-state index in [9.17, 15) is 9.59 Å². The monoisotopic (exact) mass is 393 g/mol. The maximum Gasteiger partial charge on any atom is 0.258 e.